The van der Waals surface area contributed by atoms with Crippen LogP contribution in [-0.2, 0) is 0 Å². The van der Waals surface area contributed by atoms with E-state index in [1.165, 1.54) is 12.8 Å². The Morgan fingerprint density at radius 2 is 1.92 bits per heavy atom. The van der Waals surface area contributed by atoms with Crippen LogP contribution in [0.5, 0.6) is 0 Å². The third kappa shape index (κ3) is 0.717. The van der Waals surface area contributed by atoms with Gasteiger partial charge in [0.1, 0.15) is 0 Å². The van der Waals surface area contributed by atoms with Crippen molar-refractivity contribution >= 4 is 12.6 Å². The van der Waals surface area contributed by atoms with Gasteiger partial charge in [0.05, 0.1) is 6.10 Å². The molecule has 0 radical (unpaired) electrons. The van der Waals surface area contributed by atoms with Crippen molar-refractivity contribution in [1.29, 1.82) is 0 Å². The molecule has 2 heteroatoms. The Labute approximate surface area is 80.0 Å². The summed E-state index contributed by atoms with van der Waals surface area (Å²) in [4.78, 5) is 0. The average molecular weight is 186 g/mol. The summed E-state index contributed by atoms with van der Waals surface area (Å²) in [6, 6.07) is 0. The van der Waals surface area contributed by atoms with Gasteiger partial charge < -0.3 is 5.11 Å². The van der Waals surface area contributed by atoms with Crippen molar-refractivity contribution in [3.05, 3.63) is 0 Å². The average Bonchev–Trinajstić information content (AvgIpc) is 2.26. The molecule has 0 aliphatic heterocycles. The molecule has 0 amide bonds. The SMILES string of the molecule is CC1(C)[C@@H]2CC[C@]1(C)[C@@H](O)[C@@H]2S. The van der Waals surface area contributed by atoms with Crippen LogP contribution in [0.4, 0.5) is 0 Å². The molecule has 0 heterocycles. The highest BCUT2D eigenvalue weighted by atomic mass is 32.1. The van der Waals surface area contributed by atoms with E-state index in [1.807, 2.05) is 0 Å². The second-order valence-corrected chi connectivity index (χ2v) is 5.82. The first kappa shape index (κ1) is 8.89. The van der Waals surface area contributed by atoms with Gasteiger partial charge in [0.25, 0.3) is 0 Å². The predicted octanol–water partition coefficient (Wildman–Crippen LogP) is 2.10. The highest BCUT2D eigenvalue weighted by Crippen LogP contribution is 2.66. The first-order valence-electron chi connectivity index (χ1n) is 4.77. The van der Waals surface area contributed by atoms with Crippen LogP contribution in [0.15, 0.2) is 0 Å². The third-order valence-corrected chi connectivity index (χ3v) is 5.40. The minimum atomic E-state index is -0.199. The standard InChI is InChI=1S/C10H18OS/c1-9(2)6-4-5-10(9,3)8(11)7(6)12/h6-8,11-12H,4-5H2,1-3H3/t6-,7-,8+,10-/m1/s1. The number of rotatable bonds is 0. The van der Waals surface area contributed by atoms with Gasteiger partial charge >= 0.3 is 0 Å². The van der Waals surface area contributed by atoms with E-state index in [2.05, 4.69) is 33.4 Å². The molecule has 2 aliphatic carbocycles. The lowest BCUT2D eigenvalue weighted by atomic mass is 9.70. The van der Waals surface area contributed by atoms with Crippen LogP contribution in [0.1, 0.15) is 33.6 Å². The van der Waals surface area contributed by atoms with E-state index in [-0.39, 0.29) is 22.2 Å². The Balaban J connectivity index is 2.44. The third-order valence-electron chi connectivity index (χ3n) is 4.76. The molecule has 0 aromatic rings. The zero-order valence-electron chi connectivity index (χ0n) is 8.04. The molecular weight excluding hydrogens is 168 g/mol. The Hall–Kier alpha value is 0.310. The Morgan fingerprint density at radius 1 is 1.33 bits per heavy atom. The predicted molar refractivity (Wildman–Crippen MR) is 53.4 cm³/mol. The van der Waals surface area contributed by atoms with E-state index < -0.39 is 0 Å². The fraction of sp³-hybridized carbons (Fsp3) is 1.00. The van der Waals surface area contributed by atoms with Crippen LogP contribution in [0.25, 0.3) is 0 Å². The maximum Gasteiger partial charge on any atom is 0.0717 e. The summed E-state index contributed by atoms with van der Waals surface area (Å²) in [5, 5.41) is 10.2. The second-order valence-electron chi connectivity index (χ2n) is 5.22. The van der Waals surface area contributed by atoms with Gasteiger partial charge in [-0.05, 0) is 29.6 Å². The summed E-state index contributed by atoms with van der Waals surface area (Å²) < 4.78 is 0. The zero-order valence-corrected chi connectivity index (χ0v) is 8.94. The molecule has 2 fully saturated rings. The van der Waals surface area contributed by atoms with Crippen molar-refractivity contribution in [2.24, 2.45) is 16.7 Å². The van der Waals surface area contributed by atoms with Gasteiger partial charge in [0.15, 0.2) is 0 Å². The normalized spacial score (nSPS) is 56.2. The van der Waals surface area contributed by atoms with Crippen LogP contribution in [0.2, 0.25) is 0 Å². The van der Waals surface area contributed by atoms with Gasteiger partial charge in [-0.15, -0.1) is 0 Å². The molecule has 1 nitrogen and oxygen atoms in total. The lowest BCUT2D eigenvalue weighted by Crippen LogP contribution is -2.37. The van der Waals surface area contributed by atoms with Crippen LogP contribution in [-0.4, -0.2) is 16.5 Å². The monoisotopic (exact) mass is 186 g/mol. The molecule has 4 atom stereocenters. The molecule has 12 heavy (non-hydrogen) atoms. The number of hydrogen-bond donors (Lipinski definition) is 2. The van der Waals surface area contributed by atoms with E-state index in [1.54, 1.807) is 0 Å². The second kappa shape index (κ2) is 2.21. The molecule has 2 aliphatic rings. The summed E-state index contributed by atoms with van der Waals surface area (Å²) in [7, 11) is 0. The number of hydrogen-bond acceptors (Lipinski definition) is 2. The molecule has 0 spiro atoms. The van der Waals surface area contributed by atoms with Crippen LogP contribution in [0, 0.1) is 16.7 Å². The van der Waals surface area contributed by atoms with E-state index in [9.17, 15) is 5.11 Å². The molecule has 2 rings (SSSR count). The highest BCUT2D eigenvalue weighted by molar-refractivity contribution is 7.81. The fourth-order valence-electron chi connectivity index (χ4n) is 3.29. The van der Waals surface area contributed by atoms with Gasteiger partial charge in [-0.3, -0.25) is 0 Å². The highest BCUT2D eigenvalue weighted by Gasteiger charge is 2.64. The van der Waals surface area contributed by atoms with Gasteiger partial charge in [-0.2, -0.15) is 12.6 Å². The van der Waals surface area contributed by atoms with Gasteiger partial charge in [-0.1, -0.05) is 20.8 Å². The smallest absolute Gasteiger partial charge is 0.0717 e. The van der Waals surface area contributed by atoms with Crippen molar-refractivity contribution in [2.45, 2.75) is 45.0 Å². The lowest BCUT2D eigenvalue weighted by Gasteiger charge is -2.36. The summed E-state index contributed by atoms with van der Waals surface area (Å²) in [6.07, 6.45) is 2.21. The minimum Gasteiger partial charge on any atom is -0.391 e. The molecule has 2 saturated carbocycles. The maximum atomic E-state index is 10.0. The van der Waals surface area contributed by atoms with Crippen molar-refractivity contribution in [2.75, 3.05) is 0 Å². The van der Waals surface area contributed by atoms with Crippen LogP contribution < -0.4 is 0 Å². The summed E-state index contributed by atoms with van der Waals surface area (Å²) in [6.45, 7) is 6.78. The van der Waals surface area contributed by atoms with Crippen molar-refractivity contribution < 1.29 is 5.11 Å². The molecule has 70 valence electrons. The molecular formula is C10H18OS. The molecule has 0 saturated heterocycles. The summed E-state index contributed by atoms with van der Waals surface area (Å²) in [5.74, 6) is 0.612. The number of aliphatic hydroxyl groups is 1. The lowest BCUT2D eigenvalue weighted by molar-refractivity contribution is 0.0150. The minimum absolute atomic E-state index is 0.115. The van der Waals surface area contributed by atoms with Crippen LogP contribution in [0.3, 0.4) is 0 Å². The van der Waals surface area contributed by atoms with E-state index in [0.29, 0.717) is 5.92 Å². The number of fused-ring (bicyclic) bond motifs is 2. The quantitative estimate of drug-likeness (QED) is 0.555. The Kier molecular flexibility index (Phi) is 1.64. The van der Waals surface area contributed by atoms with Crippen molar-refractivity contribution in [3.8, 4) is 0 Å². The molecule has 0 aromatic heterocycles. The molecule has 1 N–H and O–H groups in total. The topological polar surface area (TPSA) is 20.2 Å². The number of aliphatic hydroxyl groups excluding tert-OH is 1. The number of thiol groups is 1. The van der Waals surface area contributed by atoms with Crippen molar-refractivity contribution in [3.63, 3.8) is 0 Å². The van der Waals surface area contributed by atoms with Crippen molar-refractivity contribution in [1.82, 2.24) is 0 Å². The Bertz CT molecular complexity index is 214. The van der Waals surface area contributed by atoms with E-state index >= 15 is 0 Å². The first-order chi connectivity index (χ1) is 5.41. The van der Waals surface area contributed by atoms with E-state index in [4.69, 9.17) is 0 Å². The van der Waals surface area contributed by atoms with Gasteiger partial charge in [0, 0.05) is 5.25 Å². The zero-order chi connectivity index (χ0) is 9.15. The van der Waals surface area contributed by atoms with E-state index in [0.717, 1.165) is 0 Å². The maximum absolute atomic E-state index is 10.0. The van der Waals surface area contributed by atoms with Gasteiger partial charge in [-0.25, -0.2) is 0 Å². The van der Waals surface area contributed by atoms with Crippen LogP contribution >= 0.6 is 12.6 Å². The largest absolute Gasteiger partial charge is 0.391 e. The molecule has 2 bridgehead atoms. The first-order valence-corrected chi connectivity index (χ1v) is 5.29. The Morgan fingerprint density at radius 3 is 2.17 bits per heavy atom. The summed E-state index contributed by atoms with van der Waals surface area (Å²) in [5.41, 5.74) is 0.392. The van der Waals surface area contributed by atoms with Gasteiger partial charge in [0.2, 0.25) is 0 Å². The molecule has 0 unspecified atom stereocenters. The fourth-order valence-corrected chi connectivity index (χ4v) is 4.14. The summed E-state index contributed by atoms with van der Waals surface area (Å²) >= 11 is 4.51. The molecule has 0 aromatic carbocycles.